The summed E-state index contributed by atoms with van der Waals surface area (Å²) in [6.07, 6.45) is -0.0135. The minimum absolute atomic E-state index is 0.00569. The molecule has 0 atom stereocenters. The smallest absolute Gasteiger partial charge is 0.264 e. The van der Waals surface area contributed by atoms with Crippen molar-refractivity contribution in [3.63, 3.8) is 0 Å². The van der Waals surface area contributed by atoms with Crippen molar-refractivity contribution in [1.82, 2.24) is 0 Å². The van der Waals surface area contributed by atoms with Crippen LogP contribution in [0.15, 0.2) is 42.5 Å². The number of para-hydroxylation sites is 1. The zero-order valence-corrected chi connectivity index (χ0v) is 14.1. The van der Waals surface area contributed by atoms with Gasteiger partial charge in [-0.15, -0.1) is 0 Å². The lowest BCUT2D eigenvalue weighted by Gasteiger charge is -2.27. The zero-order valence-electron chi connectivity index (χ0n) is 14.1. The Morgan fingerprint density at radius 3 is 2.62 bits per heavy atom. The molecule has 1 aliphatic rings. The molecule has 2 amide bonds. The van der Waals surface area contributed by atoms with E-state index < -0.39 is 5.82 Å². The number of amides is 2. The molecule has 0 bridgehead atoms. The van der Waals surface area contributed by atoms with Crippen molar-refractivity contribution >= 4 is 29.0 Å². The van der Waals surface area contributed by atoms with Crippen molar-refractivity contribution in [3.05, 3.63) is 53.8 Å². The van der Waals surface area contributed by atoms with E-state index in [2.05, 4.69) is 5.32 Å². The number of nitrogens with one attached hydrogen (secondary N) is 1. The van der Waals surface area contributed by atoms with Gasteiger partial charge in [0.25, 0.3) is 5.91 Å². The van der Waals surface area contributed by atoms with Crippen LogP contribution in [0.25, 0.3) is 0 Å². The first-order valence-electron chi connectivity index (χ1n) is 8.06. The Labute approximate surface area is 149 Å². The molecule has 0 saturated carbocycles. The molecule has 0 unspecified atom stereocenters. The number of hydrogen-bond donors (Lipinski definition) is 1. The number of benzene rings is 2. The van der Waals surface area contributed by atoms with E-state index in [4.69, 9.17) is 4.74 Å². The van der Waals surface area contributed by atoms with E-state index in [1.54, 1.807) is 25.2 Å². The molecule has 1 heterocycles. The van der Waals surface area contributed by atoms with Crippen LogP contribution in [-0.4, -0.2) is 31.3 Å². The van der Waals surface area contributed by atoms with Gasteiger partial charge in [-0.2, -0.15) is 0 Å². The Kier molecular flexibility index (Phi) is 4.97. The van der Waals surface area contributed by atoms with Crippen LogP contribution in [0.2, 0.25) is 0 Å². The van der Waals surface area contributed by atoms with Crippen molar-refractivity contribution < 1.29 is 23.5 Å². The summed E-state index contributed by atoms with van der Waals surface area (Å²) in [5.74, 6) is -0.760. The third-order valence-corrected chi connectivity index (χ3v) is 4.09. The molecule has 3 rings (SSSR count). The second-order valence-corrected chi connectivity index (χ2v) is 5.87. The van der Waals surface area contributed by atoms with Crippen LogP contribution in [0, 0.1) is 5.82 Å². The average molecular weight is 356 g/mol. The molecule has 2 aromatic carbocycles. The number of rotatable bonds is 5. The van der Waals surface area contributed by atoms with Gasteiger partial charge in [0.2, 0.25) is 5.91 Å². The molecule has 2 aromatic rings. The Hall–Kier alpha value is -3.22. The third kappa shape index (κ3) is 3.72. The quantitative estimate of drug-likeness (QED) is 0.836. The molecule has 0 saturated heterocycles. The van der Waals surface area contributed by atoms with E-state index >= 15 is 0 Å². The van der Waals surface area contributed by atoms with Crippen LogP contribution in [0.4, 0.5) is 15.8 Å². The molecule has 1 aliphatic heterocycles. The topological polar surface area (TPSA) is 75.7 Å². The second kappa shape index (κ2) is 7.35. The largest absolute Gasteiger partial charge is 0.479 e. The maximum absolute atomic E-state index is 12.9. The lowest BCUT2D eigenvalue weighted by molar-refractivity contribution is -0.121. The van der Waals surface area contributed by atoms with Gasteiger partial charge in [0, 0.05) is 25.5 Å². The first-order chi connectivity index (χ1) is 12.5. The maximum atomic E-state index is 12.9. The summed E-state index contributed by atoms with van der Waals surface area (Å²) in [7, 11) is 1.64. The average Bonchev–Trinajstić information content (AvgIpc) is 2.64. The summed E-state index contributed by atoms with van der Waals surface area (Å²) in [5, 5.41) is 2.71. The zero-order chi connectivity index (χ0) is 18.7. The summed E-state index contributed by atoms with van der Waals surface area (Å²) in [6.45, 7) is -0.0978. The van der Waals surface area contributed by atoms with E-state index in [0.717, 1.165) is 0 Å². The highest BCUT2D eigenvalue weighted by atomic mass is 19.1. The standard InChI is InChI=1S/C19H17FN2O4/c1-22-15-4-2-3-14(19(15)26-11-18(22)25)21-17(24)10-9-16(23)12-5-7-13(20)8-6-12/h2-8H,9-11H2,1H3,(H,21,24). The molecule has 0 fully saturated rings. The van der Waals surface area contributed by atoms with Gasteiger partial charge < -0.3 is 15.0 Å². The number of fused-ring (bicyclic) bond motifs is 1. The predicted octanol–water partition coefficient (Wildman–Crippen LogP) is 2.78. The Morgan fingerprint density at radius 1 is 1.15 bits per heavy atom. The molecule has 0 aliphatic carbocycles. The molecule has 0 radical (unpaired) electrons. The van der Waals surface area contributed by atoms with E-state index in [9.17, 15) is 18.8 Å². The Balaban J connectivity index is 1.63. The van der Waals surface area contributed by atoms with Crippen molar-refractivity contribution in [2.75, 3.05) is 23.9 Å². The van der Waals surface area contributed by atoms with Crippen LogP contribution in [0.1, 0.15) is 23.2 Å². The number of carbonyl (C=O) groups excluding carboxylic acids is 3. The summed E-state index contributed by atoms with van der Waals surface area (Å²) < 4.78 is 18.3. The number of nitrogens with zero attached hydrogens (tertiary/aromatic N) is 1. The number of Topliss-reactive ketones (excluding diaryl/α,β-unsaturated/α-hetero) is 1. The summed E-state index contributed by atoms with van der Waals surface area (Å²) in [5.41, 5.74) is 1.38. The molecule has 134 valence electrons. The monoisotopic (exact) mass is 356 g/mol. The van der Waals surface area contributed by atoms with E-state index in [-0.39, 0.29) is 37.0 Å². The Bertz CT molecular complexity index is 864. The number of carbonyl (C=O) groups is 3. The van der Waals surface area contributed by atoms with Crippen molar-refractivity contribution in [2.24, 2.45) is 0 Å². The highest BCUT2D eigenvalue weighted by Crippen LogP contribution is 2.38. The van der Waals surface area contributed by atoms with Gasteiger partial charge in [0.05, 0.1) is 11.4 Å². The normalized spacial score (nSPS) is 13.0. The molecule has 26 heavy (non-hydrogen) atoms. The maximum Gasteiger partial charge on any atom is 0.264 e. The first kappa shape index (κ1) is 17.6. The van der Waals surface area contributed by atoms with E-state index in [0.29, 0.717) is 22.7 Å². The van der Waals surface area contributed by atoms with Crippen LogP contribution >= 0.6 is 0 Å². The lowest BCUT2D eigenvalue weighted by atomic mass is 10.1. The van der Waals surface area contributed by atoms with Crippen LogP contribution in [-0.2, 0) is 9.59 Å². The SMILES string of the molecule is CN1C(=O)COc2c(NC(=O)CCC(=O)c3ccc(F)cc3)cccc21. The van der Waals surface area contributed by atoms with E-state index in [1.807, 2.05) is 0 Å². The van der Waals surface area contributed by atoms with Gasteiger partial charge in [-0.3, -0.25) is 14.4 Å². The van der Waals surface area contributed by atoms with Crippen molar-refractivity contribution in [3.8, 4) is 5.75 Å². The van der Waals surface area contributed by atoms with E-state index in [1.165, 1.54) is 29.2 Å². The van der Waals surface area contributed by atoms with Gasteiger partial charge in [-0.05, 0) is 36.4 Å². The minimum atomic E-state index is -0.420. The summed E-state index contributed by atoms with van der Waals surface area (Å²) in [6, 6.07) is 10.3. The lowest BCUT2D eigenvalue weighted by Crippen LogP contribution is -2.35. The molecule has 7 heteroatoms. The highest BCUT2D eigenvalue weighted by Gasteiger charge is 2.25. The van der Waals surface area contributed by atoms with Gasteiger partial charge in [-0.1, -0.05) is 6.07 Å². The van der Waals surface area contributed by atoms with Crippen LogP contribution < -0.4 is 15.0 Å². The van der Waals surface area contributed by atoms with Crippen molar-refractivity contribution in [1.29, 1.82) is 0 Å². The fourth-order valence-electron chi connectivity index (χ4n) is 2.62. The fourth-order valence-corrected chi connectivity index (χ4v) is 2.62. The fraction of sp³-hybridized carbons (Fsp3) is 0.211. The molecule has 6 nitrogen and oxygen atoms in total. The molecule has 1 N–H and O–H groups in total. The predicted molar refractivity (Wildman–Crippen MR) is 93.9 cm³/mol. The highest BCUT2D eigenvalue weighted by molar-refractivity contribution is 6.03. The molecule has 0 spiro atoms. The molecular weight excluding hydrogens is 339 g/mol. The minimum Gasteiger partial charge on any atom is -0.479 e. The second-order valence-electron chi connectivity index (χ2n) is 5.87. The van der Waals surface area contributed by atoms with Gasteiger partial charge in [0.1, 0.15) is 5.82 Å². The van der Waals surface area contributed by atoms with Gasteiger partial charge in [0.15, 0.2) is 18.1 Å². The number of likely N-dealkylation sites (N-methyl/N-ethyl adjacent to an activating group) is 1. The van der Waals surface area contributed by atoms with Gasteiger partial charge >= 0.3 is 0 Å². The van der Waals surface area contributed by atoms with Crippen LogP contribution in [0.3, 0.4) is 0 Å². The third-order valence-electron chi connectivity index (χ3n) is 4.09. The molecular formula is C19H17FN2O4. The first-order valence-corrected chi connectivity index (χ1v) is 8.06. The number of ether oxygens (including phenoxy) is 1. The number of halogens is 1. The van der Waals surface area contributed by atoms with Crippen LogP contribution in [0.5, 0.6) is 5.75 Å². The van der Waals surface area contributed by atoms with Crippen molar-refractivity contribution in [2.45, 2.75) is 12.8 Å². The number of ketones is 1. The summed E-state index contributed by atoms with van der Waals surface area (Å²) >= 11 is 0. The summed E-state index contributed by atoms with van der Waals surface area (Å²) in [4.78, 5) is 37.4. The Morgan fingerprint density at radius 2 is 1.88 bits per heavy atom. The van der Waals surface area contributed by atoms with Gasteiger partial charge in [-0.25, -0.2) is 4.39 Å². The number of hydrogen-bond acceptors (Lipinski definition) is 4. The molecule has 0 aromatic heterocycles. The number of anilines is 2.